The van der Waals surface area contributed by atoms with E-state index in [0.717, 1.165) is 12.1 Å². The fourth-order valence-corrected chi connectivity index (χ4v) is 2.47. The second-order valence-corrected chi connectivity index (χ2v) is 4.81. The topological polar surface area (TPSA) is 63.8 Å². The fourth-order valence-electron chi connectivity index (χ4n) is 2.00. The lowest BCUT2D eigenvalue weighted by Gasteiger charge is -2.14. The minimum Gasteiger partial charge on any atom is -0.271 e. The van der Waals surface area contributed by atoms with E-state index in [1.165, 1.54) is 28.4 Å². The van der Waals surface area contributed by atoms with Gasteiger partial charge in [0.25, 0.3) is 0 Å². The van der Waals surface area contributed by atoms with Gasteiger partial charge in [0.15, 0.2) is 0 Å². The number of nitrogens with one attached hydrogen (secondary N) is 1. The number of aryl methyl sites for hydroxylation is 2. The highest BCUT2D eigenvalue weighted by Crippen LogP contribution is 2.18. The van der Waals surface area contributed by atoms with Gasteiger partial charge in [0.1, 0.15) is 0 Å². The molecule has 2 rings (SSSR count). The van der Waals surface area contributed by atoms with Crippen LogP contribution in [0.15, 0.2) is 24.4 Å². The summed E-state index contributed by atoms with van der Waals surface area (Å²) in [6.45, 7) is 4.21. The molecule has 1 aromatic heterocycles. The maximum atomic E-state index is 5.57. The van der Waals surface area contributed by atoms with Gasteiger partial charge < -0.3 is 0 Å². The van der Waals surface area contributed by atoms with Gasteiger partial charge in [0.05, 0.1) is 29.7 Å². The van der Waals surface area contributed by atoms with Gasteiger partial charge in [-0.1, -0.05) is 29.3 Å². The Balaban J connectivity index is 2.18. The molecule has 0 radical (unpaired) electrons. The summed E-state index contributed by atoms with van der Waals surface area (Å²) in [4.78, 5) is 0. The molecule has 0 saturated carbocycles. The number of hydrazine groups is 1. The van der Waals surface area contributed by atoms with Crippen molar-refractivity contribution < 1.29 is 0 Å². The van der Waals surface area contributed by atoms with Gasteiger partial charge >= 0.3 is 0 Å². The van der Waals surface area contributed by atoms with Crippen molar-refractivity contribution in [1.29, 1.82) is 0 Å². The first-order valence-corrected chi connectivity index (χ1v) is 6.23. The van der Waals surface area contributed by atoms with E-state index in [1.807, 2.05) is 0 Å². The molecule has 2 aromatic rings. The summed E-state index contributed by atoms with van der Waals surface area (Å²) in [5.41, 5.74) is 7.50. The summed E-state index contributed by atoms with van der Waals surface area (Å²) in [7, 11) is 0. The third-order valence-electron chi connectivity index (χ3n) is 2.66. The van der Waals surface area contributed by atoms with Crippen LogP contribution >= 0.6 is 11.7 Å². The highest BCUT2D eigenvalue weighted by Gasteiger charge is 2.13. The first kappa shape index (κ1) is 12.2. The van der Waals surface area contributed by atoms with E-state index in [-0.39, 0.29) is 6.04 Å². The van der Waals surface area contributed by atoms with Crippen molar-refractivity contribution in [2.45, 2.75) is 26.3 Å². The number of rotatable bonds is 4. The number of nitrogens with zero attached hydrogens (tertiary/aromatic N) is 2. The molecule has 3 N–H and O–H groups in total. The van der Waals surface area contributed by atoms with Gasteiger partial charge in [-0.25, -0.2) is 0 Å². The zero-order valence-corrected chi connectivity index (χ0v) is 10.8. The predicted octanol–water partition coefficient (Wildman–Crippen LogP) is 1.90. The predicted molar refractivity (Wildman–Crippen MR) is 69.6 cm³/mol. The number of benzene rings is 1. The van der Waals surface area contributed by atoms with Crippen LogP contribution in [0.4, 0.5) is 0 Å². The molecule has 1 atom stereocenters. The number of hydrogen-bond donors (Lipinski definition) is 2. The van der Waals surface area contributed by atoms with Crippen molar-refractivity contribution in [1.82, 2.24) is 14.2 Å². The average molecular weight is 248 g/mol. The molecule has 1 aromatic carbocycles. The molecule has 0 saturated heterocycles. The Morgan fingerprint density at radius 3 is 2.53 bits per heavy atom. The van der Waals surface area contributed by atoms with Gasteiger partial charge in [-0.15, -0.1) is 0 Å². The minimum atomic E-state index is 0.0231. The largest absolute Gasteiger partial charge is 0.271 e. The van der Waals surface area contributed by atoms with Crippen LogP contribution in [0.1, 0.15) is 28.4 Å². The van der Waals surface area contributed by atoms with Crippen LogP contribution in [0.2, 0.25) is 0 Å². The van der Waals surface area contributed by atoms with Crippen LogP contribution in [0, 0.1) is 13.8 Å². The van der Waals surface area contributed by atoms with E-state index >= 15 is 0 Å². The van der Waals surface area contributed by atoms with Crippen LogP contribution in [0.5, 0.6) is 0 Å². The van der Waals surface area contributed by atoms with Gasteiger partial charge in [0, 0.05) is 0 Å². The highest BCUT2D eigenvalue weighted by molar-refractivity contribution is 6.99. The van der Waals surface area contributed by atoms with Crippen LogP contribution in [-0.4, -0.2) is 8.75 Å². The maximum Gasteiger partial charge on any atom is 0.0929 e. The van der Waals surface area contributed by atoms with Crippen molar-refractivity contribution >= 4 is 11.7 Å². The lowest BCUT2D eigenvalue weighted by Crippen LogP contribution is -2.29. The summed E-state index contributed by atoms with van der Waals surface area (Å²) in [5.74, 6) is 5.57. The average Bonchev–Trinajstić information content (AvgIpc) is 2.77. The lowest BCUT2D eigenvalue weighted by molar-refractivity contribution is 0.542. The highest BCUT2D eigenvalue weighted by atomic mass is 32.1. The Kier molecular flexibility index (Phi) is 3.83. The van der Waals surface area contributed by atoms with Gasteiger partial charge in [-0.2, -0.15) is 8.75 Å². The van der Waals surface area contributed by atoms with Gasteiger partial charge in [0.2, 0.25) is 0 Å². The molecule has 17 heavy (non-hydrogen) atoms. The molecule has 5 heteroatoms. The van der Waals surface area contributed by atoms with Crippen LogP contribution in [0.3, 0.4) is 0 Å². The summed E-state index contributed by atoms with van der Waals surface area (Å²) < 4.78 is 8.22. The quantitative estimate of drug-likeness (QED) is 0.641. The van der Waals surface area contributed by atoms with Crippen molar-refractivity contribution in [2.75, 3.05) is 0 Å². The standard InChI is InChI=1S/C12H16N4S/c1-8-3-9(2)5-10(4-8)6-11(15-13)12-7-14-17-16-12/h3-5,7,11,15H,6,13H2,1-2H3. The summed E-state index contributed by atoms with van der Waals surface area (Å²) >= 11 is 1.20. The van der Waals surface area contributed by atoms with Gasteiger partial charge in [-0.05, 0) is 25.8 Å². The molecule has 0 amide bonds. The Bertz CT molecular complexity index is 461. The zero-order chi connectivity index (χ0) is 12.3. The molecule has 0 fully saturated rings. The van der Waals surface area contributed by atoms with E-state index in [0.29, 0.717) is 0 Å². The van der Waals surface area contributed by atoms with E-state index in [9.17, 15) is 0 Å². The van der Waals surface area contributed by atoms with E-state index in [2.05, 4.69) is 46.2 Å². The lowest BCUT2D eigenvalue weighted by atomic mass is 10.0. The summed E-state index contributed by atoms with van der Waals surface area (Å²) in [5, 5.41) is 0. The smallest absolute Gasteiger partial charge is 0.0929 e. The molecule has 4 nitrogen and oxygen atoms in total. The third-order valence-corrected chi connectivity index (χ3v) is 3.15. The van der Waals surface area contributed by atoms with Crippen molar-refractivity contribution in [2.24, 2.45) is 5.84 Å². The first-order valence-electron chi connectivity index (χ1n) is 5.50. The fraction of sp³-hybridized carbons (Fsp3) is 0.333. The van der Waals surface area contributed by atoms with E-state index in [1.54, 1.807) is 6.20 Å². The van der Waals surface area contributed by atoms with Crippen LogP contribution in [0.25, 0.3) is 0 Å². The molecule has 0 aliphatic heterocycles. The molecule has 0 bridgehead atoms. The minimum absolute atomic E-state index is 0.0231. The normalized spacial score (nSPS) is 12.6. The molecule has 0 spiro atoms. The number of hydrogen-bond acceptors (Lipinski definition) is 5. The second kappa shape index (κ2) is 5.35. The molecular weight excluding hydrogens is 232 g/mol. The molecule has 90 valence electrons. The van der Waals surface area contributed by atoms with Crippen molar-refractivity contribution in [3.8, 4) is 0 Å². The van der Waals surface area contributed by atoms with Gasteiger partial charge in [-0.3, -0.25) is 11.3 Å². The Labute approximate surface area is 105 Å². The molecule has 1 unspecified atom stereocenters. The van der Waals surface area contributed by atoms with E-state index in [4.69, 9.17) is 5.84 Å². The van der Waals surface area contributed by atoms with Crippen molar-refractivity contribution in [3.63, 3.8) is 0 Å². The molecule has 0 aliphatic rings. The number of nitrogens with two attached hydrogens (primary N) is 1. The zero-order valence-electron chi connectivity index (χ0n) is 9.97. The van der Waals surface area contributed by atoms with Crippen LogP contribution < -0.4 is 11.3 Å². The number of aromatic nitrogens is 2. The van der Waals surface area contributed by atoms with E-state index < -0.39 is 0 Å². The molecule has 1 heterocycles. The first-order chi connectivity index (χ1) is 8.19. The SMILES string of the molecule is Cc1cc(C)cc(CC(NN)c2cnsn2)c1. The Hall–Kier alpha value is -1.30. The second-order valence-electron chi connectivity index (χ2n) is 4.25. The maximum absolute atomic E-state index is 5.57. The summed E-state index contributed by atoms with van der Waals surface area (Å²) in [6.07, 6.45) is 2.59. The third kappa shape index (κ3) is 3.09. The summed E-state index contributed by atoms with van der Waals surface area (Å²) in [6, 6.07) is 6.54. The van der Waals surface area contributed by atoms with Crippen LogP contribution in [-0.2, 0) is 6.42 Å². The van der Waals surface area contributed by atoms with Crippen molar-refractivity contribution in [3.05, 3.63) is 46.8 Å². The monoisotopic (exact) mass is 248 g/mol. The Morgan fingerprint density at radius 1 is 1.29 bits per heavy atom. The molecular formula is C12H16N4S. The Morgan fingerprint density at radius 2 is 2.00 bits per heavy atom. The molecule has 0 aliphatic carbocycles.